The van der Waals surface area contributed by atoms with E-state index in [0.29, 0.717) is 3.57 Å². The van der Waals surface area contributed by atoms with Crippen molar-refractivity contribution in [3.05, 3.63) is 68.0 Å². The van der Waals surface area contributed by atoms with Crippen LogP contribution in [0.4, 0.5) is 26.3 Å². The number of aliphatic hydroxyl groups is 1. The van der Waals surface area contributed by atoms with Gasteiger partial charge in [-0.1, -0.05) is 6.07 Å². The Morgan fingerprint density at radius 3 is 2.44 bits per heavy atom. The molecule has 0 unspecified atom stereocenters. The zero-order chi connectivity index (χ0) is 23.7. The van der Waals surface area contributed by atoms with Crippen molar-refractivity contribution in [3.8, 4) is 0 Å². The monoisotopic (exact) mass is 572 g/mol. The van der Waals surface area contributed by atoms with Gasteiger partial charge in [0.25, 0.3) is 5.91 Å². The summed E-state index contributed by atoms with van der Waals surface area (Å²) in [6, 6.07) is 6.14. The maximum Gasteiger partial charge on any atom is 0.390 e. The SMILES string of the molecule is O=C(c1ccc(F)c(F)c1Cc1ccc(I)cc1F)N1CC(O)(CNCCC(F)(F)F)C1. The van der Waals surface area contributed by atoms with Gasteiger partial charge in [0.1, 0.15) is 11.4 Å². The first kappa shape index (κ1) is 24.8. The van der Waals surface area contributed by atoms with E-state index in [1.54, 1.807) is 6.07 Å². The molecule has 0 saturated carbocycles. The van der Waals surface area contributed by atoms with E-state index in [1.807, 2.05) is 22.6 Å². The molecule has 1 aliphatic rings. The van der Waals surface area contributed by atoms with Crippen molar-refractivity contribution in [3.63, 3.8) is 0 Å². The Labute approximate surface area is 193 Å². The highest BCUT2D eigenvalue weighted by atomic mass is 127. The van der Waals surface area contributed by atoms with Crippen molar-refractivity contribution < 1.29 is 36.2 Å². The van der Waals surface area contributed by atoms with Crippen LogP contribution in [-0.2, 0) is 6.42 Å². The largest absolute Gasteiger partial charge is 0.390 e. The summed E-state index contributed by atoms with van der Waals surface area (Å²) in [6.45, 7) is -0.928. The number of benzene rings is 2. The first-order valence-corrected chi connectivity index (χ1v) is 10.7. The summed E-state index contributed by atoms with van der Waals surface area (Å²) >= 11 is 1.90. The van der Waals surface area contributed by atoms with Crippen LogP contribution in [0.1, 0.15) is 27.9 Å². The smallest absolute Gasteiger partial charge is 0.385 e. The van der Waals surface area contributed by atoms with E-state index in [2.05, 4.69) is 5.32 Å². The van der Waals surface area contributed by atoms with Crippen LogP contribution in [0.5, 0.6) is 0 Å². The highest BCUT2D eigenvalue weighted by Crippen LogP contribution is 2.28. The van der Waals surface area contributed by atoms with E-state index < -0.39 is 41.6 Å². The fraction of sp³-hybridized carbons (Fsp3) is 0.381. The maximum absolute atomic E-state index is 14.5. The molecule has 1 heterocycles. The molecule has 0 bridgehead atoms. The first-order chi connectivity index (χ1) is 14.9. The first-order valence-electron chi connectivity index (χ1n) is 9.58. The van der Waals surface area contributed by atoms with Crippen LogP contribution in [0.15, 0.2) is 30.3 Å². The summed E-state index contributed by atoms with van der Waals surface area (Å²) in [5.41, 5.74) is -1.83. The molecule has 0 aromatic heterocycles. The van der Waals surface area contributed by atoms with Crippen LogP contribution in [0, 0.1) is 21.0 Å². The number of β-amino-alcohol motifs (C(OH)–C–C–N with tert-alkyl or cyclic N) is 1. The number of halogens is 7. The molecular weight excluding hydrogens is 553 g/mol. The topological polar surface area (TPSA) is 52.6 Å². The minimum absolute atomic E-state index is 0.0814. The van der Waals surface area contributed by atoms with Crippen LogP contribution in [-0.4, -0.2) is 53.9 Å². The van der Waals surface area contributed by atoms with Crippen molar-refractivity contribution in [1.29, 1.82) is 0 Å². The average Bonchev–Trinajstić information content (AvgIpc) is 2.67. The lowest BCUT2D eigenvalue weighted by molar-refractivity contribution is -0.134. The molecule has 4 nitrogen and oxygen atoms in total. The number of carbonyl (C=O) groups is 1. The van der Waals surface area contributed by atoms with Crippen molar-refractivity contribution in [2.24, 2.45) is 0 Å². The Morgan fingerprint density at radius 1 is 1.12 bits per heavy atom. The lowest BCUT2D eigenvalue weighted by atomic mass is 9.91. The quantitative estimate of drug-likeness (QED) is 0.300. The predicted octanol–water partition coefficient (Wildman–Crippen LogP) is 4.03. The molecule has 1 saturated heterocycles. The van der Waals surface area contributed by atoms with E-state index in [0.717, 1.165) is 12.1 Å². The highest BCUT2D eigenvalue weighted by Gasteiger charge is 2.44. The zero-order valence-electron chi connectivity index (χ0n) is 16.6. The molecule has 32 heavy (non-hydrogen) atoms. The summed E-state index contributed by atoms with van der Waals surface area (Å²) < 4.78 is 79.8. The Morgan fingerprint density at radius 2 is 1.81 bits per heavy atom. The molecule has 1 amide bonds. The third kappa shape index (κ3) is 5.93. The number of nitrogens with zero attached hydrogens (tertiary/aromatic N) is 1. The van der Waals surface area contributed by atoms with Crippen LogP contribution in [0.2, 0.25) is 0 Å². The van der Waals surface area contributed by atoms with E-state index in [-0.39, 0.29) is 49.3 Å². The average molecular weight is 572 g/mol. The summed E-state index contributed by atoms with van der Waals surface area (Å²) in [5.74, 6) is -3.76. The lowest BCUT2D eigenvalue weighted by Crippen LogP contribution is -2.67. The van der Waals surface area contributed by atoms with E-state index in [1.165, 1.54) is 17.0 Å². The van der Waals surface area contributed by atoms with Crippen molar-refractivity contribution in [1.82, 2.24) is 10.2 Å². The standard InChI is InChI=1S/C21H19F6IN2O2/c22-16-4-3-14(15(18(16)24)7-12-1-2-13(28)8-17(12)23)19(31)30-10-20(32,11-30)9-29-6-5-21(25,26)27/h1-4,8,29,32H,5-7,9-11H2. The summed E-state index contributed by atoms with van der Waals surface area (Å²) in [5, 5.41) is 12.8. The van der Waals surface area contributed by atoms with Gasteiger partial charge >= 0.3 is 6.18 Å². The van der Waals surface area contributed by atoms with Gasteiger partial charge in [-0.3, -0.25) is 4.79 Å². The molecular formula is C21H19F6IN2O2. The number of rotatable bonds is 7. The van der Waals surface area contributed by atoms with Gasteiger partial charge in [-0.05, 0) is 52.4 Å². The van der Waals surface area contributed by atoms with Gasteiger partial charge in [0.05, 0.1) is 19.5 Å². The molecule has 11 heteroatoms. The van der Waals surface area contributed by atoms with Gasteiger partial charge in [0.15, 0.2) is 11.6 Å². The number of amides is 1. The Hall–Kier alpha value is -1.86. The number of alkyl halides is 3. The summed E-state index contributed by atoms with van der Waals surface area (Å²) in [6.07, 6.45) is -5.74. The number of nitrogens with one attached hydrogen (secondary N) is 1. The molecule has 174 valence electrons. The predicted molar refractivity (Wildman–Crippen MR) is 113 cm³/mol. The molecule has 2 aromatic rings. The minimum atomic E-state index is -4.32. The second-order valence-corrected chi connectivity index (χ2v) is 8.97. The molecule has 2 N–H and O–H groups in total. The van der Waals surface area contributed by atoms with Gasteiger partial charge in [-0.15, -0.1) is 0 Å². The van der Waals surface area contributed by atoms with Crippen LogP contribution in [0.25, 0.3) is 0 Å². The fourth-order valence-electron chi connectivity index (χ4n) is 3.46. The van der Waals surface area contributed by atoms with Gasteiger partial charge in [-0.2, -0.15) is 13.2 Å². The van der Waals surface area contributed by atoms with E-state index in [9.17, 15) is 36.2 Å². The second-order valence-electron chi connectivity index (χ2n) is 7.73. The molecule has 0 atom stereocenters. The molecule has 1 fully saturated rings. The third-order valence-electron chi connectivity index (χ3n) is 5.11. The Balaban J connectivity index is 1.70. The van der Waals surface area contributed by atoms with Gasteiger partial charge in [0, 0.05) is 34.2 Å². The minimum Gasteiger partial charge on any atom is -0.385 e. The molecule has 2 aromatic carbocycles. The van der Waals surface area contributed by atoms with Crippen molar-refractivity contribution in [2.45, 2.75) is 24.6 Å². The van der Waals surface area contributed by atoms with Crippen LogP contribution < -0.4 is 5.32 Å². The number of likely N-dealkylation sites (tertiary alicyclic amines) is 1. The second kappa shape index (κ2) is 9.56. The fourth-order valence-corrected chi connectivity index (χ4v) is 3.92. The molecule has 0 aliphatic carbocycles. The number of hydrogen-bond acceptors (Lipinski definition) is 3. The van der Waals surface area contributed by atoms with Crippen LogP contribution >= 0.6 is 22.6 Å². The van der Waals surface area contributed by atoms with Gasteiger partial charge < -0.3 is 15.3 Å². The highest BCUT2D eigenvalue weighted by molar-refractivity contribution is 14.1. The van der Waals surface area contributed by atoms with Gasteiger partial charge in [-0.25, -0.2) is 13.2 Å². The maximum atomic E-state index is 14.5. The third-order valence-corrected chi connectivity index (χ3v) is 5.78. The normalized spacial score (nSPS) is 15.6. The summed E-state index contributed by atoms with van der Waals surface area (Å²) in [7, 11) is 0. The van der Waals surface area contributed by atoms with Crippen LogP contribution in [0.3, 0.4) is 0 Å². The molecule has 3 rings (SSSR count). The molecule has 0 spiro atoms. The Bertz CT molecular complexity index is 1010. The Kier molecular flexibility index (Phi) is 7.40. The number of hydrogen-bond donors (Lipinski definition) is 2. The van der Waals surface area contributed by atoms with E-state index in [4.69, 9.17) is 0 Å². The van der Waals surface area contributed by atoms with Crippen molar-refractivity contribution in [2.75, 3.05) is 26.2 Å². The lowest BCUT2D eigenvalue weighted by Gasteiger charge is -2.46. The van der Waals surface area contributed by atoms with E-state index >= 15 is 0 Å². The molecule has 0 radical (unpaired) electrons. The van der Waals surface area contributed by atoms with Crippen molar-refractivity contribution >= 4 is 28.5 Å². The molecule has 1 aliphatic heterocycles. The zero-order valence-corrected chi connectivity index (χ0v) is 18.7. The van der Waals surface area contributed by atoms with Gasteiger partial charge in [0.2, 0.25) is 0 Å². The number of carbonyl (C=O) groups excluding carboxylic acids is 1. The summed E-state index contributed by atoms with van der Waals surface area (Å²) in [4.78, 5) is 14.0.